The van der Waals surface area contributed by atoms with E-state index < -0.39 is 18.4 Å². The number of benzene rings is 2. The first-order chi connectivity index (χ1) is 16.8. The Morgan fingerprint density at radius 2 is 1.00 bits per heavy atom. The second-order valence-electron chi connectivity index (χ2n) is 10.7. The highest BCUT2D eigenvalue weighted by Crippen LogP contribution is 2.43. The van der Waals surface area contributed by atoms with E-state index in [9.17, 15) is 0 Å². The molecular weight excluding hydrogens is 444 g/mol. The molecule has 2 aromatic carbocycles. The molecule has 2 aromatic rings. The van der Waals surface area contributed by atoms with Crippen molar-refractivity contribution in [2.24, 2.45) is 17.8 Å². The van der Waals surface area contributed by atoms with Gasteiger partial charge in [-0.15, -0.1) is 0 Å². The fourth-order valence-electron chi connectivity index (χ4n) is 5.49. The lowest BCUT2D eigenvalue weighted by atomic mass is 9.81. The van der Waals surface area contributed by atoms with E-state index in [0.29, 0.717) is 13.2 Å². The Morgan fingerprint density at radius 3 is 1.40 bits per heavy atom. The maximum atomic E-state index is 6.57. The first-order valence-corrected chi connectivity index (χ1v) is 12.8. The van der Waals surface area contributed by atoms with Gasteiger partial charge in [-0.2, -0.15) is 0 Å². The summed E-state index contributed by atoms with van der Waals surface area (Å²) in [6.45, 7) is 11.7. The standard InChI is InChI=1S/C29H38O6/c1-18-16-30-27(21-12-8-6-9-13-21)32-23(18)25-20(3)26(35-29(4,5)34-25)24-19(2)17-31-28(33-24)22-14-10-7-11-15-22/h6-15,18-20,23-28H,16-17H2,1-5H3/t18-,19+,20?,23-,24+,25+,26-,27-,28+. The van der Waals surface area contributed by atoms with Crippen molar-refractivity contribution in [3.05, 3.63) is 71.8 Å². The number of ether oxygens (including phenoxy) is 6. The van der Waals surface area contributed by atoms with Gasteiger partial charge in [0.2, 0.25) is 0 Å². The van der Waals surface area contributed by atoms with Crippen LogP contribution in [0.3, 0.4) is 0 Å². The first kappa shape index (κ1) is 24.9. The van der Waals surface area contributed by atoms with E-state index in [4.69, 9.17) is 28.4 Å². The van der Waals surface area contributed by atoms with Crippen molar-refractivity contribution in [3.8, 4) is 0 Å². The molecule has 0 aromatic heterocycles. The molecule has 6 heteroatoms. The lowest BCUT2D eigenvalue weighted by molar-refractivity contribution is -0.382. The summed E-state index contributed by atoms with van der Waals surface area (Å²) in [7, 11) is 0. The average Bonchev–Trinajstić information content (AvgIpc) is 2.87. The third-order valence-corrected chi connectivity index (χ3v) is 7.37. The quantitative estimate of drug-likeness (QED) is 0.562. The SMILES string of the molecule is CC1[C@H]([C@H]2O[C@@H](c3ccccc3)OC[C@@H]2C)OC(C)(C)O[C@@H]1[C@@H]1O[C@H](c2ccccc2)OC[C@H]1C. The molecule has 0 aliphatic carbocycles. The lowest BCUT2D eigenvalue weighted by Crippen LogP contribution is -2.61. The normalized spacial score (nSPS) is 39.7. The Balaban J connectivity index is 1.38. The zero-order valence-electron chi connectivity index (χ0n) is 21.3. The van der Waals surface area contributed by atoms with Gasteiger partial charge in [0.15, 0.2) is 18.4 Å². The summed E-state index contributed by atoms with van der Waals surface area (Å²) in [6.07, 6.45) is -1.40. The molecule has 0 bridgehead atoms. The molecule has 3 heterocycles. The van der Waals surface area contributed by atoms with Gasteiger partial charge in [-0.05, 0) is 13.8 Å². The molecule has 1 unspecified atom stereocenters. The molecular formula is C29H38O6. The molecule has 6 nitrogen and oxygen atoms in total. The van der Waals surface area contributed by atoms with Crippen molar-refractivity contribution in [2.45, 2.75) is 77.4 Å². The fourth-order valence-corrected chi connectivity index (χ4v) is 5.49. The predicted molar refractivity (Wildman–Crippen MR) is 131 cm³/mol. The van der Waals surface area contributed by atoms with Crippen molar-refractivity contribution >= 4 is 0 Å². The Labute approximate surface area is 208 Å². The van der Waals surface area contributed by atoms with Gasteiger partial charge in [-0.3, -0.25) is 0 Å². The van der Waals surface area contributed by atoms with Crippen LogP contribution in [0, 0.1) is 17.8 Å². The number of rotatable bonds is 4. The zero-order valence-corrected chi connectivity index (χ0v) is 21.3. The van der Waals surface area contributed by atoms with Crippen molar-refractivity contribution < 1.29 is 28.4 Å². The van der Waals surface area contributed by atoms with Crippen LogP contribution >= 0.6 is 0 Å². The minimum Gasteiger partial charge on any atom is -0.348 e. The maximum absolute atomic E-state index is 6.57. The van der Waals surface area contributed by atoms with E-state index in [1.165, 1.54) is 0 Å². The van der Waals surface area contributed by atoms with Gasteiger partial charge < -0.3 is 28.4 Å². The van der Waals surface area contributed by atoms with Crippen LogP contribution in [0.25, 0.3) is 0 Å². The summed E-state index contributed by atoms with van der Waals surface area (Å²) in [6, 6.07) is 20.2. The fraction of sp³-hybridized carbons (Fsp3) is 0.586. The van der Waals surface area contributed by atoms with Gasteiger partial charge >= 0.3 is 0 Å². The molecule has 190 valence electrons. The van der Waals surface area contributed by atoms with Crippen LogP contribution in [0.2, 0.25) is 0 Å². The lowest BCUT2D eigenvalue weighted by Gasteiger charge is -2.53. The van der Waals surface area contributed by atoms with E-state index in [1.54, 1.807) is 0 Å². The molecule has 0 spiro atoms. The summed E-state index contributed by atoms with van der Waals surface area (Å²) < 4.78 is 38.4. The molecule has 35 heavy (non-hydrogen) atoms. The Bertz CT molecular complexity index is 875. The first-order valence-electron chi connectivity index (χ1n) is 12.8. The van der Waals surface area contributed by atoms with Gasteiger partial charge in [-0.25, -0.2) is 0 Å². The highest BCUT2D eigenvalue weighted by atomic mass is 16.8. The molecule has 5 rings (SSSR count). The van der Waals surface area contributed by atoms with E-state index in [0.717, 1.165) is 11.1 Å². The van der Waals surface area contributed by atoms with E-state index in [-0.39, 0.29) is 42.2 Å². The summed E-state index contributed by atoms with van der Waals surface area (Å²) >= 11 is 0. The van der Waals surface area contributed by atoms with Gasteiger partial charge in [0.1, 0.15) is 0 Å². The van der Waals surface area contributed by atoms with Crippen molar-refractivity contribution in [3.63, 3.8) is 0 Å². The van der Waals surface area contributed by atoms with E-state index in [2.05, 4.69) is 20.8 Å². The van der Waals surface area contributed by atoms with Crippen molar-refractivity contribution in [1.29, 1.82) is 0 Å². The topological polar surface area (TPSA) is 55.4 Å². The molecule has 0 radical (unpaired) electrons. The monoisotopic (exact) mass is 482 g/mol. The molecule has 3 saturated heterocycles. The van der Waals surface area contributed by atoms with Gasteiger partial charge in [0, 0.05) is 28.9 Å². The van der Waals surface area contributed by atoms with Gasteiger partial charge in [-0.1, -0.05) is 81.4 Å². The van der Waals surface area contributed by atoms with Crippen molar-refractivity contribution in [2.75, 3.05) is 13.2 Å². The highest BCUT2D eigenvalue weighted by molar-refractivity contribution is 5.17. The van der Waals surface area contributed by atoms with Crippen LogP contribution in [0.4, 0.5) is 0 Å². The van der Waals surface area contributed by atoms with E-state index in [1.807, 2.05) is 74.5 Å². The zero-order chi connectivity index (χ0) is 24.6. The molecule has 3 aliphatic heterocycles. The summed E-state index contributed by atoms with van der Waals surface area (Å²) in [4.78, 5) is 0. The largest absolute Gasteiger partial charge is 0.348 e. The molecule has 0 saturated carbocycles. The minimum absolute atomic E-state index is 0.0481. The van der Waals surface area contributed by atoms with Crippen LogP contribution in [0.15, 0.2) is 60.7 Å². The predicted octanol–water partition coefficient (Wildman–Crippen LogP) is 5.64. The van der Waals surface area contributed by atoms with Crippen LogP contribution in [0.1, 0.15) is 58.3 Å². The molecule has 0 amide bonds. The number of hydrogen-bond donors (Lipinski definition) is 0. The number of hydrogen-bond acceptors (Lipinski definition) is 6. The Hall–Kier alpha value is -1.80. The molecule has 3 aliphatic rings. The van der Waals surface area contributed by atoms with Crippen LogP contribution in [0.5, 0.6) is 0 Å². The van der Waals surface area contributed by atoms with Gasteiger partial charge in [0.05, 0.1) is 37.6 Å². The van der Waals surface area contributed by atoms with Gasteiger partial charge in [0.25, 0.3) is 0 Å². The minimum atomic E-state index is -0.769. The third-order valence-electron chi connectivity index (χ3n) is 7.37. The Kier molecular flexibility index (Phi) is 7.31. The second kappa shape index (κ2) is 10.3. The molecule has 9 atom stereocenters. The molecule has 3 fully saturated rings. The van der Waals surface area contributed by atoms with Crippen molar-refractivity contribution in [1.82, 2.24) is 0 Å². The van der Waals surface area contributed by atoms with Crippen LogP contribution in [-0.2, 0) is 28.4 Å². The third kappa shape index (κ3) is 5.33. The van der Waals surface area contributed by atoms with Crippen LogP contribution < -0.4 is 0 Å². The maximum Gasteiger partial charge on any atom is 0.184 e. The van der Waals surface area contributed by atoms with Crippen LogP contribution in [-0.4, -0.2) is 43.4 Å². The Morgan fingerprint density at radius 1 is 0.600 bits per heavy atom. The highest BCUT2D eigenvalue weighted by Gasteiger charge is 2.52. The van der Waals surface area contributed by atoms with E-state index >= 15 is 0 Å². The average molecular weight is 483 g/mol. The summed E-state index contributed by atoms with van der Waals surface area (Å²) in [5.74, 6) is -0.356. The molecule has 0 N–H and O–H groups in total. The summed E-state index contributed by atoms with van der Waals surface area (Å²) in [5.41, 5.74) is 2.04. The summed E-state index contributed by atoms with van der Waals surface area (Å²) in [5, 5.41) is 0. The second-order valence-corrected chi connectivity index (χ2v) is 10.7. The smallest absolute Gasteiger partial charge is 0.184 e.